The average Bonchev–Trinajstić information content (AvgIpc) is 2.96. The lowest BCUT2D eigenvalue weighted by Gasteiger charge is -2.15. The molecule has 0 aliphatic rings. The zero-order valence-electron chi connectivity index (χ0n) is 10.4. The number of aryl methyl sites for hydroxylation is 2. The topological polar surface area (TPSA) is 29.9 Å². The molecule has 1 N–H and O–H groups in total. The van der Waals surface area contributed by atoms with E-state index in [-0.39, 0.29) is 0 Å². The molecule has 0 bridgehead atoms. The van der Waals surface area contributed by atoms with Crippen LogP contribution in [0.4, 0.5) is 0 Å². The van der Waals surface area contributed by atoms with Crippen molar-refractivity contribution < 1.29 is 0 Å². The molecule has 4 heteroatoms. The van der Waals surface area contributed by atoms with E-state index in [1.165, 1.54) is 11.3 Å². The van der Waals surface area contributed by atoms with Crippen LogP contribution in [0.1, 0.15) is 17.7 Å². The molecule has 0 saturated carbocycles. The molecule has 0 saturated heterocycles. The fourth-order valence-corrected chi connectivity index (χ4v) is 2.69. The van der Waals surface area contributed by atoms with Gasteiger partial charge in [-0.05, 0) is 54.8 Å². The van der Waals surface area contributed by atoms with Gasteiger partial charge in [-0.15, -0.1) is 0 Å². The minimum absolute atomic E-state index is 0.541. The molecule has 0 aliphatic carbocycles. The van der Waals surface area contributed by atoms with E-state index in [0.717, 1.165) is 19.3 Å². The van der Waals surface area contributed by atoms with Crippen LogP contribution >= 0.6 is 11.3 Å². The van der Waals surface area contributed by atoms with E-state index >= 15 is 0 Å². The molecule has 0 aromatic carbocycles. The number of hydrogen-bond donors (Lipinski definition) is 1. The fourth-order valence-electron chi connectivity index (χ4n) is 2.01. The second-order valence-electron chi connectivity index (χ2n) is 4.31. The minimum Gasteiger partial charge on any atom is -0.317 e. The summed E-state index contributed by atoms with van der Waals surface area (Å²) in [7, 11) is 4.04. The SMILES string of the molecule is CNC(CCc1ccnn1C)Cc1ccsc1. The van der Waals surface area contributed by atoms with Crippen molar-refractivity contribution >= 4 is 11.3 Å². The van der Waals surface area contributed by atoms with Gasteiger partial charge >= 0.3 is 0 Å². The maximum atomic E-state index is 4.19. The predicted molar refractivity (Wildman–Crippen MR) is 72.4 cm³/mol. The summed E-state index contributed by atoms with van der Waals surface area (Å²) in [6.45, 7) is 0. The first-order chi connectivity index (χ1) is 8.29. The summed E-state index contributed by atoms with van der Waals surface area (Å²) >= 11 is 1.77. The average molecular weight is 249 g/mol. The first-order valence-corrected chi connectivity index (χ1v) is 6.89. The Morgan fingerprint density at radius 3 is 2.94 bits per heavy atom. The van der Waals surface area contributed by atoms with E-state index < -0.39 is 0 Å². The fraction of sp³-hybridized carbons (Fsp3) is 0.462. The summed E-state index contributed by atoms with van der Waals surface area (Å²) in [6, 6.07) is 4.84. The van der Waals surface area contributed by atoms with Gasteiger partial charge in [-0.25, -0.2) is 0 Å². The van der Waals surface area contributed by atoms with Gasteiger partial charge in [0.1, 0.15) is 0 Å². The van der Waals surface area contributed by atoms with Crippen molar-refractivity contribution in [1.29, 1.82) is 0 Å². The molecule has 1 atom stereocenters. The Balaban J connectivity index is 1.86. The smallest absolute Gasteiger partial charge is 0.0492 e. The molecule has 2 aromatic heterocycles. The Bertz CT molecular complexity index is 433. The standard InChI is InChI=1S/C13H19N3S/c1-14-12(9-11-6-8-17-10-11)3-4-13-5-7-15-16(13)2/h5-8,10,12,14H,3-4,9H2,1-2H3. The lowest BCUT2D eigenvalue weighted by Crippen LogP contribution is -2.28. The van der Waals surface area contributed by atoms with E-state index in [1.807, 2.05) is 25.0 Å². The Morgan fingerprint density at radius 1 is 1.47 bits per heavy atom. The van der Waals surface area contributed by atoms with Crippen LogP contribution in [-0.2, 0) is 19.9 Å². The molecule has 92 valence electrons. The van der Waals surface area contributed by atoms with Crippen LogP contribution in [0.25, 0.3) is 0 Å². The van der Waals surface area contributed by atoms with Gasteiger partial charge in [-0.3, -0.25) is 4.68 Å². The first-order valence-electron chi connectivity index (χ1n) is 5.95. The normalized spacial score (nSPS) is 12.8. The number of aromatic nitrogens is 2. The molecule has 0 spiro atoms. The Hall–Kier alpha value is -1.13. The molecule has 2 rings (SSSR count). The lowest BCUT2D eigenvalue weighted by molar-refractivity contribution is 0.511. The third-order valence-electron chi connectivity index (χ3n) is 3.14. The van der Waals surface area contributed by atoms with Crippen LogP contribution in [0.5, 0.6) is 0 Å². The summed E-state index contributed by atoms with van der Waals surface area (Å²) in [5, 5.41) is 12.0. The number of likely N-dealkylation sites (N-methyl/N-ethyl adjacent to an activating group) is 1. The number of rotatable bonds is 6. The van der Waals surface area contributed by atoms with E-state index in [1.54, 1.807) is 11.3 Å². The lowest BCUT2D eigenvalue weighted by atomic mass is 10.0. The van der Waals surface area contributed by atoms with Gasteiger partial charge in [-0.1, -0.05) is 0 Å². The summed E-state index contributed by atoms with van der Waals surface area (Å²) in [5.41, 5.74) is 2.73. The highest BCUT2D eigenvalue weighted by molar-refractivity contribution is 7.07. The molecule has 0 fully saturated rings. The van der Waals surface area contributed by atoms with Crippen LogP contribution in [0.3, 0.4) is 0 Å². The van der Waals surface area contributed by atoms with Gasteiger partial charge in [0.15, 0.2) is 0 Å². The maximum Gasteiger partial charge on any atom is 0.0492 e. The van der Waals surface area contributed by atoms with Gasteiger partial charge in [0.25, 0.3) is 0 Å². The quantitative estimate of drug-likeness (QED) is 0.851. The van der Waals surface area contributed by atoms with Crippen molar-refractivity contribution in [1.82, 2.24) is 15.1 Å². The molecular formula is C13H19N3S. The zero-order chi connectivity index (χ0) is 12.1. The van der Waals surface area contributed by atoms with Crippen molar-refractivity contribution in [2.45, 2.75) is 25.3 Å². The van der Waals surface area contributed by atoms with Gasteiger partial charge in [0.2, 0.25) is 0 Å². The summed E-state index contributed by atoms with van der Waals surface area (Å²) in [4.78, 5) is 0. The summed E-state index contributed by atoms with van der Waals surface area (Å²) in [5.74, 6) is 0. The van der Waals surface area contributed by atoms with Gasteiger partial charge < -0.3 is 5.32 Å². The number of hydrogen-bond acceptors (Lipinski definition) is 3. The molecule has 1 unspecified atom stereocenters. The predicted octanol–water partition coefficient (Wildman–Crippen LogP) is 2.24. The molecule has 17 heavy (non-hydrogen) atoms. The third kappa shape index (κ3) is 3.41. The zero-order valence-corrected chi connectivity index (χ0v) is 11.2. The highest BCUT2D eigenvalue weighted by atomic mass is 32.1. The van der Waals surface area contributed by atoms with Gasteiger partial charge in [0, 0.05) is 25.0 Å². The molecule has 3 nitrogen and oxygen atoms in total. The first kappa shape index (κ1) is 12.3. The van der Waals surface area contributed by atoms with Crippen molar-refractivity contribution in [3.05, 3.63) is 40.3 Å². The summed E-state index contributed by atoms with van der Waals surface area (Å²) in [6.07, 6.45) is 5.19. The van der Waals surface area contributed by atoms with Crippen LogP contribution in [0, 0.1) is 0 Å². The highest BCUT2D eigenvalue weighted by Crippen LogP contribution is 2.12. The molecule has 2 aromatic rings. The molecule has 0 radical (unpaired) electrons. The Kier molecular flexibility index (Phi) is 4.34. The van der Waals surface area contributed by atoms with E-state index in [2.05, 4.69) is 33.3 Å². The Morgan fingerprint density at radius 2 is 2.35 bits per heavy atom. The monoisotopic (exact) mass is 249 g/mol. The van der Waals surface area contributed by atoms with Gasteiger partial charge in [0.05, 0.1) is 0 Å². The van der Waals surface area contributed by atoms with Crippen molar-refractivity contribution in [3.8, 4) is 0 Å². The minimum atomic E-state index is 0.541. The van der Waals surface area contributed by atoms with E-state index in [9.17, 15) is 0 Å². The second kappa shape index (κ2) is 5.98. The van der Waals surface area contributed by atoms with Crippen LogP contribution in [-0.4, -0.2) is 22.9 Å². The molecule has 2 heterocycles. The maximum absolute atomic E-state index is 4.19. The summed E-state index contributed by atoms with van der Waals surface area (Å²) < 4.78 is 1.96. The third-order valence-corrected chi connectivity index (χ3v) is 3.87. The van der Waals surface area contributed by atoms with Crippen LogP contribution in [0.15, 0.2) is 29.1 Å². The molecule has 0 amide bonds. The second-order valence-corrected chi connectivity index (χ2v) is 5.09. The van der Waals surface area contributed by atoms with Crippen LogP contribution < -0.4 is 5.32 Å². The Labute approximate surface area is 106 Å². The van der Waals surface area contributed by atoms with Crippen molar-refractivity contribution in [2.75, 3.05) is 7.05 Å². The van der Waals surface area contributed by atoms with E-state index in [0.29, 0.717) is 6.04 Å². The van der Waals surface area contributed by atoms with Crippen molar-refractivity contribution in [3.63, 3.8) is 0 Å². The van der Waals surface area contributed by atoms with E-state index in [4.69, 9.17) is 0 Å². The molecular weight excluding hydrogens is 230 g/mol. The largest absolute Gasteiger partial charge is 0.317 e. The number of nitrogens with zero attached hydrogens (tertiary/aromatic N) is 2. The van der Waals surface area contributed by atoms with Crippen LogP contribution in [0.2, 0.25) is 0 Å². The van der Waals surface area contributed by atoms with Crippen molar-refractivity contribution in [2.24, 2.45) is 7.05 Å². The number of thiophene rings is 1. The van der Waals surface area contributed by atoms with Gasteiger partial charge in [-0.2, -0.15) is 16.4 Å². The molecule has 0 aliphatic heterocycles. The highest BCUT2D eigenvalue weighted by Gasteiger charge is 2.09. The number of nitrogens with one attached hydrogen (secondary N) is 1.